The van der Waals surface area contributed by atoms with Crippen LogP contribution in [0.1, 0.15) is 42.1 Å². The van der Waals surface area contributed by atoms with E-state index in [0.717, 1.165) is 40.4 Å². The summed E-state index contributed by atoms with van der Waals surface area (Å²) in [5, 5.41) is 12.3. The van der Waals surface area contributed by atoms with Gasteiger partial charge in [0.1, 0.15) is 5.76 Å². The van der Waals surface area contributed by atoms with E-state index >= 15 is 0 Å². The molecule has 0 radical (unpaired) electrons. The van der Waals surface area contributed by atoms with Crippen molar-refractivity contribution in [3.05, 3.63) is 107 Å². The van der Waals surface area contributed by atoms with E-state index in [9.17, 15) is 14.7 Å². The third-order valence-electron chi connectivity index (χ3n) is 6.93. The van der Waals surface area contributed by atoms with Crippen molar-refractivity contribution in [3.63, 3.8) is 0 Å². The second-order valence-electron chi connectivity index (χ2n) is 8.95. The summed E-state index contributed by atoms with van der Waals surface area (Å²) in [6.45, 7) is 4.13. The molecule has 1 atom stereocenters. The number of aliphatic hydroxyl groups is 1. The third-order valence-corrected chi connectivity index (χ3v) is 6.93. The Morgan fingerprint density at radius 3 is 2.09 bits per heavy atom. The number of ketones is 1. The van der Waals surface area contributed by atoms with Gasteiger partial charge in [0.25, 0.3) is 11.7 Å². The van der Waals surface area contributed by atoms with Crippen molar-refractivity contribution in [2.75, 3.05) is 4.90 Å². The molecule has 1 saturated heterocycles. The molecule has 5 heteroatoms. The zero-order valence-electron chi connectivity index (χ0n) is 20.2. The Balaban J connectivity index is 1.76. The van der Waals surface area contributed by atoms with E-state index in [1.165, 1.54) is 4.90 Å². The fourth-order valence-corrected chi connectivity index (χ4v) is 4.93. The second kappa shape index (κ2) is 8.91. The number of carbonyl (C=O) groups excluding carboxylic acids is 2. The van der Waals surface area contributed by atoms with Crippen molar-refractivity contribution >= 4 is 34.0 Å². The number of benzene rings is 3. The first-order valence-electron chi connectivity index (χ1n) is 12.0. The molecule has 1 unspecified atom stereocenters. The minimum atomic E-state index is -0.751. The first-order chi connectivity index (χ1) is 16.9. The molecule has 0 aliphatic carbocycles. The molecule has 5 rings (SSSR count). The Morgan fingerprint density at radius 1 is 0.857 bits per heavy atom. The Morgan fingerprint density at radius 2 is 1.46 bits per heavy atom. The number of fused-ring (bicyclic) bond motifs is 1. The number of aromatic nitrogens is 1. The molecule has 0 spiro atoms. The van der Waals surface area contributed by atoms with Crippen molar-refractivity contribution in [2.24, 2.45) is 7.05 Å². The number of para-hydroxylation sites is 1. The molecular formula is C30H28N2O3. The summed E-state index contributed by atoms with van der Waals surface area (Å²) in [6, 6.07) is 22.3. The van der Waals surface area contributed by atoms with E-state index in [1.807, 2.05) is 78.5 Å². The summed E-state index contributed by atoms with van der Waals surface area (Å²) < 4.78 is 1.99. The number of hydrogen-bond donors (Lipinski definition) is 1. The molecule has 3 aromatic carbocycles. The van der Waals surface area contributed by atoms with Crippen LogP contribution in [-0.2, 0) is 29.5 Å². The van der Waals surface area contributed by atoms with E-state index in [0.29, 0.717) is 11.3 Å². The average molecular weight is 465 g/mol. The van der Waals surface area contributed by atoms with Crippen LogP contribution in [0.5, 0.6) is 0 Å². The molecule has 5 nitrogen and oxygen atoms in total. The first-order valence-corrected chi connectivity index (χ1v) is 12.0. The van der Waals surface area contributed by atoms with E-state index < -0.39 is 17.7 Å². The van der Waals surface area contributed by atoms with Gasteiger partial charge in [0.15, 0.2) is 0 Å². The Hall–Kier alpha value is -4.12. The molecule has 0 bridgehead atoms. The normalized spacial score (nSPS) is 17.5. The van der Waals surface area contributed by atoms with E-state index in [-0.39, 0.29) is 11.3 Å². The Kier molecular flexibility index (Phi) is 5.77. The maximum Gasteiger partial charge on any atom is 0.300 e. The number of rotatable bonds is 5. The topological polar surface area (TPSA) is 62.5 Å². The molecule has 1 aliphatic heterocycles. The van der Waals surface area contributed by atoms with E-state index in [4.69, 9.17) is 0 Å². The molecule has 1 N–H and O–H groups in total. The smallest absolute Gasteiger partial charge is 0.300 e. The Bertz CT molecular complexity index is 1460. The van der Waals surface area contributed by atoms with Gasteiger partial charge in [0.05, 0.1) is 11.6 Å². The van der Waals surface area contributed by atoms with Crippen molar-refractivity contribution in [2.45, 2.75) is 32.7 Å². The lowest BCUT2D eigenvalue weighted by molar-refractivity contribution is -0.132. The van der Waals surface area contributed by atoms with Gasteiger partial charge >= 0.3 is 0 Å². The van der Waals surface area contributed by atoms with Crippen LogP contribution >= 0.6 is 0 Å². The van der Waals surface area contributed by atoms with Gasteiger partial charge in [0.2, 0.25) is 0 Å². The fraction of sp³-hybridized carbons (Fsp3) is 0.200. The van der Waals surface area contributed by atoms with Crippen molar-refractivity contribution in [1.29, 1.82) is 0 Å². The maximum absolute atomic E-state index is 13.5. The van der Waals surface area contributed by atoms with Gasteiger partial charge < -0.3 is 9.67 Å². The third kappa shape index (κ3) is 3.73. The van der Waals surface area contributed by atoms with Gasteiger partial charge in [-0.2, -0.15) is 0 Å². The van der Waals surface area contributed by atoms with Gasteiger partial charge in [0, 0.05) is 41.0 Å². The van der Waals surface area contributed by atoms with Gasteiger partial charge in [-0.05, 0) is 42.2 Å². The first kappa shape index (κ1) is 22.7. The van der Waals surface area contributed by atoms with Gasteiger partial charge in [-0.3, -0.25) is 14.5 Å². The highest BCUT2D eigenvalue weighted by Crippen LogP contribution is 2.44. The highest BCUT2D eigenvalue weighted by atomic mass is 16.3. The van der Waals surface area contributed by atoms with Crippen molar-refractivity contribution in [1.82, 2.24) is 4.57 Å². The molecule has 176 valence electrons. The summed E-state index contributed by atoms with van der Waals surface area (Å²) in [5.74, 6) is -1.48. The molecule has 1 aromatic heterocycles. The van der Waals surface area contributed by atoms with Crippen LogP contribution in [0.4, 0.5) is 5.69 Å². The number of aryl methyl sites for hydroxylation is 3. The summed E-state index contributed by atoms with van der Waals surface area (Å²) in [7, 11) is 1.94. The van der Waals surface area contributed by atoms with Gasteiger partial charge in [-0.1, -0.05) is 68.4 Å². The number of amides is 1. The lowest BCUT2D eigenvalue weighted by Gasteiger charge is -2.25. The summed E-state index contributed by atoms with van der Waals surface area (Å²) in [6.07, 6.45) is 3.69. The summed E-state index contributed by atoms with van der Waals surface area (Å²) in [5.41, 5.74) is 5.31. The highest BCUT2D eigenvalue weighted by Gasteiger charge is 2.47. The van der Waals surface area contributed by atoms with Crippen LogP contribution in [0, 0.1) is 0 Å². The molecule has 1 amide bonds. The number of hydrogen-bond acceptors (Lipinski definition) is 3. The lowest BCUT2D eigenvalue weighted by atomic mass is 9.94. The number of aliphatic hydroxyl groups excluding tert-OH is 1. The molecule has 4 aromatic rings. The molecule has 35 heavy (non-hydrogen) atoms. The average Bonchev–Trinajstić information content (AvgIpc) is 3.37. The van der Waals surface area contributed by atoms with E-state index in [1.54, 1.807) is 12.1 Å². The van der Waals surface area contributed by atoms with Crippen LogP contribution in [0.2, 0.25) is 0 Å². The maximum atomic E-state index is 13.5. The van der Waals surface area contributed by atoms with Crippen LogP contribution in [0.25, 0.3) is 16.7 Å². The standard InChI is InChI=1S/C30H28N2O3/c1-4-19-10-14-21(15-11-19)28(33)26-27(24-18-31(3)25-9-7-6-8-23(24)25)32(30(35)29(26)34)22-16-12-20(5-2)13-17-22/h6-18,27,33H,4-5H2,1-3H3/b28-26+. The van der Waals surface area contributed by atoms with Crippen LogP contribution in [-0.4, -0.2) is 21.4 Å². The van der Waals surface area contributed by atoms with Crippen molar-refractivity contribution in [3.8, 4) is 0 Å². The SMILES string of the molecule is CCc1ccc(/C(O)=C2\C(=O)C(=O)N(c3ccc(CC)cc3)C2c2cn(C)c3ccccc23)cc1. The zero-order valence-corrected chi connectivity index (χ0v) is 20.2. The van der Waals surface area contributed by atoms with Crippen LogP contribution in [0.15, 0.2) is 84.6 Å². The summed E-state index contributed by atoms with van der Waals surface area (Å²) in [4.78, 5) is 28.4. The minimum Gasteiger partial charge on any atom is -0.507 e. The second-order valence-corrected chi connectivity index (χ2v) is 8.95. The Labute approximate surface area is 204 Å². The van der Waals surface area contributed by atoms with Gasteiger partial charge in [-0.15, -0.1) is 0 Å². The van der Waals surface area contributed by atoms with E-state index in [2.05, 4.69) is 13.8 Å². The number of nitrogens with zero attached hydrogens (tertiary/aromatic N) is 2. The molecule has 1 fully saturated rings. The fourth-order valence-electron chi connectivity index (χ4n) is 4.93. The molecule has 2 heterocycles. The highest BCUT2D eigenvalue weighted by molar-refractivity contribution is 6.51. The van der Waals surface area contributed by atoms with Crippen LogP contribution < -0.4 is 4.90 Å². The van der Waals surface area contributed by atoms with Crippen molar-refractivity contribution < 1.29 is 14.7 Å². The van der Waals surface area contributed by atoms with Gasteiger partial charge in [-0.25, -0.2) is 0 Å². The minimum absolute atomic E-state index is 0.107. The van der Waals surface area contributed by atoms with Crippen LogP contribution in [0.3, 0.4) is 0 Å². The monoisotopic (exact) mass is 464 g/mol. The molecular weight excluding hydrogens is 436 g/mol. The quantitative estimate of drug-likeness (QED) is 0.226. The lowest BCUT2D eigenvalue weighted by Crippen LogP contribution is -2.29. The number of Topliss-reactive ketones (excluding diaryl/α,β-unsaturated/α-hetero) is 1. The number of anilines is 1. The summed E-state index contributed by atoms with van der Waals surface area (Å²) >= 11 is 0. The molecule has 0 saturated carbocycles. The predicted molar refractivity (Wildman–Crippen MR) is 139 cm³/mol. The largest absolute Gasteiger partial charge is 0.507 e. The zero-order chi connectivity index (χ0) is 24.7. The molecule has 1 aliphatic rings. The number of carbonyl (C=O) groups is 2. The predicted octanol–water partition coefficient (Wildman–Crippen LogP) is 5.93.